The molecule has 0 bridgehead atoms. The first kappa shape index (κ1) is 54.7. The van der Waals surface area contributed by atoms with E-state index in [-0.39, 0.29) is 0 Å². The zero-order valence-electron chi connectivity index (χ0n) is 39.0. The van der Waals surface area contributed by atoms with Crippen LogP contribution in [0.15, 0.2) is 0 Å². The highest BCUT2D eigenvalue weighted by Gasteiger charge is 2.28. The SMILES string of the molecule is CCCCCCCCCCCCCCCCCCOC[C@@]1(C)COCCOC[C@@](C)(COCCCCCCCCCCCCCCCCCC)OCCOCCO1. The standard InChI is InChI=1S/C50H100O7/c1-5-7-9-11-13-15-17-19-21-23-25-27-29-31-33-35-37-52-45-49(3)47-54-39-40-55-48-50(4,57-44-42-51-41-43-56-49)46-53-38-36-34-32-30-28-26-24-22-20-18-16-14-12-10-8-6-2/h5-48H2,1-4H3/t49-,50+. The van der Waals surface area contributed by atoms with E-state index in [0.29, 0.717) is 66.1 Å². The van der Waals surface area contributed by atoms with Gasteiger partial charge in [-0.25, -0.2) is 0 Å². The monoisotopic (exact) mass is 813 g/mol. The Kier molecular flexibility index (Phi) is 40.7. The van der Waals surface area contributed by atoms with Crippen molar-refractivity contribution in [2.45, 2.75) is 244 Å². The number of hydrogen-bond acceptors (Lipinski definition) is 7. The molecule has 1 fully saturated rings. The first-order valence-corrected chi connectivity index (χ1v) is 25.2. The lowest BCUT2D eigenvalue weighted by molar-refractivity contribution is -0.138. The number of rotatable bonds is 38. The molecule has 0 aliphatic carbocycles. The van der Waals surface area contributed by atoms with Gasteiger partial charge in [0.15, 0.2) is 0 Å². The molecule has 0 aromatic carbocycles. The van der Waals surface area contributed by atoms with E-state index in [1.54, 1.807) is 0 Å². The molecule has 0 aromatic rings. The molecule has 0 radical (unpaired) electrons. The molecule has 1 aliphatic heterocycles. The van der Waals surface area contributed by atoms with Gasteiger partial charge in [0.2, 0.25) is 0 Å². The molecule has 57 heavy (non-hydrogen) atoms. The van der Waals surface area contributed by atoms with E-state index >= 15 is 0 Å². The quantitative estimate of drug-likeness (QED) is 0.0575. The van der Waals surface area contributed by atoms with Gasteiger partial charge in [-0.3, -0.25) is 0 Å². The molecule has 7 nitrogen and oxygen atoms in total. The van der Waals surface area contributed by atoms with Crippen molar-refractivity contribution in [1.82, 2.24) is 0 Å². The van der Waals surface area contributed by atoms with Gasteiger partial charge in [0.1, 0.15) is 11.2 Å². The molecule has 7 heteroatoms. The van der Waals surface area contributed by atoms with Crippen molar-refractivity contribution in [3.05, 3.63) is 0 Å². The first-order valence-electron chi connectivity index (χ1n) is 25.2. The van der Waals surface area contributed by atoms with Crippen molar-refractivity contribution in [3.8, 4) is 0 Å². The van der Waals surface area contributed by atoms with E-state index in [0.717, 1.165) is 26.1 Å². The predicted octanol–water partition coefficient (Wildman–Crippen LogP) is 14.2. The summed E-state index contributed by atoms with van der Waals surface area (Å²) in [6.07, 6.45) is 44.1. The molecule has 0 unspecified atom stereocenters. The average molecular weight is 813 g/mol. The highest BCUT2D eigenvalue weighted by Crippen LogP contribution is 2.18. The molecule has 1 aliphatic rings. The minimum atomic E-state index is -0.510. The van der Waals surface area contributed by atoms with Crippen molar-refractivity contribution >= 4 is 0 Å². The van der Waals surface area contributed by atoms with E-state index in [4.69, 9.17) is 33.2 Å². The molecule has 342 valence electrons. The Hall–Kier alpha value is -0.280. The fraction of sp³-hybridized carbons (Fsp3) is 1.00. The van der Waals surface area contributed by atoms with Gasteiger partial charge in [0, 0.05) is 13.2 Å². The summed E-state index contributed by atoms with van der Waals surface area (Å²) < 4.78 is 42.7. The third-order valence-electron chi connectivity index (χ3n) is 11.6. The molecule has 0 saturated carbocycles. The molecule has 0 amide bonds. The van der Waals surface area contributed by atoms with Gasteiger partial charge in [-0.1, -0.05) is 206 Å². The maximum Gasteiger partial charge on any atom is 0.112 e. The number of unbranched alkanes of at least 4 members (excludes halogenated alkanes) is 30. The fourth-order valence-electron chi connectivity index (χ4n) is 7.82. The summed E-state index contributed by atoms with van der Waals surface area (Å²) in [5, 5.41) is 0. The maximum atomic E-state index is 6.25. The lowest BCUT2D eigenvalue weighted by Gasteiger charge is -2.30. The second-order valence-corrected chi connectivity index (χ2v) is 18.0. The maximum absolute atomic E-state index is 6.25. The normalized spacial score (nSPS) is 20.4. The zero-order valence-corrected chi connectivity index (χ0v) is 39.0. The lowest BCUT2D eigenvalue weighted by Crippen LogP contribution is -2.41. The highest BCUT2D eigenvalue weighted by molar-refractivity contribution is 4.76. The summed E-state index contributed by atoms with van der Waals surface area (Å²) in [5.74, 6) is 0. The molecule has 0 spiro atoms. The van der Waals surface area contributed by atoms with Crippen LogP contribution in [0, 0.1) is 0 Å². The molecule has 0 N–H and O–H groups in total. The second-order valence-electron chi connectivity index (χ2n) is 18.0. The summed E-state index contributed by atoms with van der Waals surface area (Å²) in [6, 6.07) is 0. The van der Waals surface area contributed by atoms with Crippen molar-refractivity contribution in [1.29, 1.82) is 0 Å². The van der Waals surface area contributed by atoms with Gasteiger partial charge in [-0.15, -0.1) is 0 Å². The van der Waals surface area contributed by atoms with Gasteiger partial charge in [-0.05, 0) is 26.7 Å². The van der Waals surface area contributed by atoms with E-state index in [1.807, 2.05) is 0 Å². The van der Waals surface area contributed by atoms with Crippen molar-refractivity contribution < 1.29 is 33.2 Å². The number of hydrogen-bond donors (Lipinski definition) is 0. The summed E-state index contributed by atoms with van der Waals surface area (Å²) in [5.41, 5.74) is -1.02. The molecule has 1 heterocycles. The molecular weight excluding hydrogens is 713 g/mol. The average Bonchev–Trinajstić information content (AvgIpc) is 3.21. The Labute approximate surface area is 355 Å². The molecular formula is C50H100O7. The Morgan fingerprint density at radius 2 is 0.561 bits per heavy atom. The zero-order chi connectivity index (χ0) is 41.1. The molecule has 0 aromatic heterocycles. The minimum Gasteiger partial charge on any atom is -0.378 e. The van der Waals surface area contributed by atoms with Crippen molar-refractivity contribution in [2.75, 3.05) is 79.3 Å². The van der Waals surface area contributed by atoms with E-state index < -0.39 is 11.2 Å². The van der Waals surface area contributed by atoms with Crippen LogP contribution in [0.3, 0.4) is 0 Å². The highest BCUT2D eigenvalue weighted by atomic mass is 16.6. The molecule has 1 rings (SSSR count). The topological polar surface area (TPSA) is 64.6 Å². The largest absolute Gasteiger partial charge is 0.378 e. The van der Waals surface area contributed by atoms with Gasteiger partial charge < -0.3 is 33.2 Å². The Bertz CT molecular complexity index is 722. The van der Waals surface area contributed by atoms with Crippen molar-refractivity contribution in [2.24, 2.45) is 0 Å². The summed E-state index contributed by atoms with van der Waals surface area (Å²) in [4.78, 5) is 0. The van der Waals surface area contributed by atoms with Gasteiger partial charge in [0.25, 0.3) is 0 Å². The smallest absolute Gasteiger partial charge is 0.112 e. The third kappa shape index (κ3) is 38.4. The van der Waals surface area contributed by atoms with Gasteiger partial charge >= 0.3 is 0 Å². The molecule has 2 atom stereocenters. The second kappa shape index (κ2) is 42.4. The van der Waals surface area contributed by atoms with Crippen LogP contribution in [0.5, 0.6) is 0 Å². The first-order chi connectivity index (χ1) is 28.0. The van der Waals surface area contributed by atoms with E-state index in [2.05, 4.69) is 27.7 Å². The third-order valence-corrected chi connectivity index (χ3v) is 11.6. The van der Waals surface area contributed by atoms with Crippen LogP contribution in [0.1, 0.15) is 233 Å². The van der Waals surface area contributed by atoms with Crippen LogP contribution >= 0.6 is 0 Å². The van der Waals surface area contributed by atoms with Gasteiger partial charge in [0.05, 0.1) is 66.1 Å². The summed E-state index contributed by atoms with van der Waals surface area (Å²) in [7, 11) is 0. The fourth-order valence-corrected chi connectivity index (χ4v) is 7.82. The Balaban J connectivity index is 2.07. The van der Waals surface area contributed by atoms with Crippen molar-refractivity contribution in [3.63, 3.8) is 0 Å². The Morgan fingerprint density at radius 3 is 0.842 bits per heavy atom. The lowest BCUT2D eigenvalue weighted by atomic mass is 10.0. The van der Waals surface area contributed by atoms with E-state index in [1.165, 1.54) is 193 Å². The van der Waals surface area contributed by atoms with Gasteiger partial charge in [-0.2, -0.15) is 0 Å². The molecule has 1 saturated heterocycles. The summed E-state index contributed by atoms with van der Waals surface area (Å²) in [6.45, 7) is 15.3. The summed E-state index contributed by atoms with van der Waals surface area (Å²) >= 11 is 0. The minimum absolute atomic E-state index is 0.464. The van der Waals surface area contributed by atoms with Crippen LogP contribution in [-0.2, 0) is 33.2 Å². The predicted molar refractivity (Wildman–Crippen MR) is 242 cm³/mol. The van der Waals surface area contributed by atoms with Crippen LogP contribution < -0.4 is 0 Å². The van der Waals surface area contributed by atoms with Crippen LogP contribution in [-0.4, -0.2) is 90.5 Å². The van der Waals surface area contributed by atoms with Crippen LogP contribution in [0.2, 0.25) is 0 Å². The van der Waals surface area contributed by atoms with Crippen LogP contribution in [0.4, 0.5) is 0 Å². The van der Waals surface area contributed by atoms with E-state index in [9.17, 15) is 0 Å². The number of ether oxygens (including phenoxy) is 7. The Morgan fingerprint density at radius 1 is 0.316 bits per heavy atom. The van der Waals surface area contributed by atoms with Crippen LogP contribution in [0.25, 0.3) is 0 Å².